The zero-order valence-electron chi connectivity index (χ0n) is 11.6. The Bertz CT molecular complexity index is 594. The van der Waals surface area contributed by atoms with E-state index in [9.17, 15) is 4.79 Å². The third-order valence-electron chi connectivity index (χ3n) is 2.93. The van der Waals surface area contributed by atoms with Crippen molar-refractivity contribution in [1.29, 1.82) is 0 Å². The first-order valence-corrected chi connectivity index (χ1v) is 6.74. The molecule has 20 heavy (non-hydrogen) atoms. The minimum Gasteiger partial charge on any atom is -0.381 e. The lowest BCUT2D eigenvalue weighted by atomic mass is 10.1. The van der Waals surface area contributed by atoms with Gasteiger partial charge in [-0.25, -0.2) is 0 Å². The van der Waals surface area contributed by atoms with E-state index in [0.717, 1.165) is 16.3 Å². The molecule has 2 aromatic carbocycles. The second-order valence-corrected chi connectivity index (χ2v) is 5.20. The first kappa shape index (κ1) is 14.4. The third kappa shape index (κ3) is 3.75. The molecule has 2 rings (SSSR count). The highest BCUT2D eigenvalue weighted by molar-refractivity contribution is 6.30. The molecule has 0 heterocycles. The summed E-state index contributed by atoms with van der Waals surface area (Å²) in [5.74, 6) is 0.000132. The van der Waals surface area contributed by atoms with E-state index in [1.807, 2.05) is 48.5 Å². The number of anilines is 1. The molecule has 1 N–H and O–H groups in total. The summed E-state index contributed by atoms with van der Waals surface area (Å²) in [5.41, 5.74) is 2.74. The lowest BCUT2D eigenvalue weighted by Crippen LogP contribution is -2.21. The Kier molecular flexibility index (Phi) is 4.64. The molecule has 0 radical (unpaired) electrons. The van der Waals surface area contributed by atoms with Crippen molar-refractivity contribution in [1.82, 2.24) is 4.90 Å². The Labute approximate surface area is 124 Å². The van der Waals surface area contributed by atoms with E-state index < -0.39 is 0 Å². The summed E-state index contributed by atoms with van der Waals surface area (Å²) in [6, 6.07) is 15.2. The number of hydrogen-bond acceptors (Lipinski definition) is 2. The van der Waals surface area contributed by atoms with Crippen LogP contribution in [-0.4, -0.2) is 24.9 Å². The van der Waals surface area contributed by atoms with Gasteiger partial charge < -0.3 is 10.2 Å². The molecule has 0 saturated heterocycles. The Morgan fingerprint density at radius 2 is 1.85 bits per heavy atom. The van der Waals surface area contributed by atoms with Crippen molar-refractivity contribution in [3.8, 4) is 0 Å². The number of halogens is 1. The maximum Gasteiger partial charge on any atom is 0.253 e. The number of amides is 1. The van der Waals surface area contributed by atoms with E-state index in [1.165, 1.54) is 0 Å². The van der Waals surface area contributed by atoms with Gasteiger partial charge in [0, 0.05) is 36.9 Å². The summed E-state index contributed by atoms with van der Waals surface area (Å²) >= 11 is 5.85. The number of carbonyl (C=O) groups excluding carboxylic acids is 1. The molecule has 2 aromatic rings. The largest absolute Gasteiger partial charge is 0.381 e. The fraction of sp³-hybridized carbons (Fsp3) is 0.188. The van der Waals surface area contributed by atoms with Crippen molar-refractivity contribution in [2.24, 2.45) is 0 Å². The highest BCUT2D eigenvalue weighted by Gasteiger charge is 2.07. The number of hydrogen-bond donors (Lipinski definition) is 1. The first-order chi connectivity index (χ1) is 9.56. The second kappa shape index (κ2) is 6.44. The number of rotatable bonds is 4. The number of carbonyl (C=O) groups is 1. The van der Waals surface area contributed by atoms with Gasteiger partial charge in [-0.15, -0.1) is 0 Å². The smallest absolute Gasteiger partial charge is 0.253 e. The SMILES string of the molecule is CN(C)C(=O)c1cccc(NCc2ccc(Cl)cc2)c1. The van der Waals surface area contributed by atoms with Gasteiger partial charge in [-0.05, 0) is 35.9 Å². The van der Waals surface area contributed by atoms with Gasteiger partial charge >= 0.3 is 0 Å². The van der Waals surface area contributed by atoms with E-state index >= 15 is 0 Å². The molecule has 0 aliphatic heterocycles. The van der Waals surface area contributed by atoms with Crippen LogP contribution in [0.1, 0.15) is 15.9 Å². The lowest BCUT2D eigenvalue weighted by Gasteiger charge is -2.12. The van der Waals surface area contributed by atoms with Crippen LogP contribution in [0.25, 0.3) is 0 Å². The first-order valence-electron chi connectivity index (χ1n) is 6.36. The highest BCUT2D eigenvalue weighted by Crippen LogP contribution is 2.14. The van der Waals surface area contributed by atoms with E-state index in [4.69, 9.17) is 11.6 Å². The quantitative estimate of drug-likeness (QED) is 0.931. The van der Waals surface area contributed by atoms with Crippen LogP contribution in [0.4, 0.5) is 5.69 Å². The van der Waals surface area contributed by atoms with Crippen LogP contribution in [-0.2, 0) is 6.54 Å². The average molecular weight is 289 g/mol. The Hall–Kier alpha value is -2.00. The fourth-order valence-electron chi connectivity index (χ4n) is 1.83. The third-order valence-corrected chi connectivity index (χ3v) is 3.18. The van der Waals surface area contributed by atoms with Crippen LogP contribution in [0.15, 0.2) is 48.5 Å². The molecule has 0 spiro atoms. The maximum absolute atomic E-state index is 11.9. The van der Waals surface area contributed by atoms with E-state index in [-0.39, 0.29) is 5.91 Å². The zero-order valence-corrected chi connectivity index (χ0v) is 12.3. The van der Waals surface area contributed by atoms with Crippen molar-refractivity contribution in [2.75, 3.05) is 19.4 Å². The Morgan fingerprint density at radius 3 is 2.50 bits per heavy atom. The van der Waals surface area contributed by atoms with Crippen LogP contribution in [0.2, 0.25) is 5.02 Å². The van der Waals surface area contributed by atoms with E-state index in [1.54, 1.807) is 19.0 Å². The molecular formula is C16H17ClN2O. The topological polar surface area (TPSA) is 32.3 Å². The van der Waals surface area contributed by atoms with Crippen LogP contribution in [0.3, 0.4) is 0 Å². The summed E-state index contributed by atoms with van der Waals surface area (Å²) < 4.78 is 0. The molecule has 0 aromatic heterocycles. The molecule has 0 atom stereocenters. The van der Waals surface area contributed by atoms with Crippen molar-refractivity contribution in [3.05, 3.63) is 64.7 Å². The molecule has 1 amide bonds. The normalized spacial score (nSPS) is 10.2. The van der Waals surface area contributed by atoms with Crippen LogP contribution in [0, 0.1) is 0 Å². The Morgan fingerprint density at radius 1 is 1.15 bits per heavy atom. The van der Waals surface area contributed by atoms with Crippen LogP contribution >= 0.6 is 11.6 Å². The van der Waals surface area contributed by atoms with Crippen molar-refractivity contribution < 1.29 is 4.79 Å². The molecule has 0 aliphatic rings. The molecule has 4 heteroatoms. The average Bonchev–Trinajstić information content (AvgIpc) is 2.46. The summed E-state index contributed by atoms with van der Waals surface area (Å²) in [5, 5.41) is 4.03. The standard InChI is InChI=1S/C16H17ClN2O/c1-19(2)16(20)13-4-3-5-15(10-13)18-11-12-6-8-14(17)9-7-12/h3-10,18H,11H2,1-2H3. The number of benzene rings is 2. The van der Waals surface area contributed by atoms with Gasteiger partial charge in [-0.3, -0.25) is 4.79 Å². The van der Waals surface area contributed by atoms with E-state index in [0.29, 0.717) is 12.1 Å². The molecule has 104 valence electrons. The minimum atomic E-state index is 0.000132. The molecule has 0 aliphatic carbocycles. The van der Waals surface area contributed by atoms with E-state index in [2.05, 4.69) is 5.32 Å². The van der Waals surface area contributed by atoms with Gasteiger partial charge in [0.15, 0.2) is 0 Å². The summed E-state index contributed by atoms with van der Waals surface area (Å²) in [4.78, 5) is 13.5. The zero-order chi connectivity index (χ0) is 14.5. The molecule has 0 unspecified atom stereocenters. The molecule has 3 nitrogen and oxygen atoms in total. The maximum atomic E-state index is 11.9. The van der Waals surface area contributed by atoms with Gasteiger partial charge in [-0.2, -0.15) is 0 Å². The van der Waals surface area contributed by atoms with Crippen molar-refractivity contribution in [3.63, 3.8) is 0 Å². The van der Waals surface area contributed by atoms with Gasteiger partial charge in [0.1, 0.15) is 0 Å². The predicted octanol–water partition coefficient (Wildman–Crippen LogP) is 3.65. The number of nitrogens with zero attached hydrogens (tertiary/aromatic N) is 1. The number of nitrogens with one attached hydrogen (secondary N) is 1. The van der Waals surface area contributed by atoms with Crippen molar-refractivity contribution in [2.45, 2.75) is 6.54 Å². The lowest BCUT2D eigenvalue weighted by molar-refractivity contribution is 0.0827. The monoisotopic (exact) mass is 288 g/mol. The van der Waals surface area contributed by atoms with Gasteiger partial charge in [-0.1, -0.05) is 29.8 Å². The summed E-state index contributed by atoms with van der Waals surface area (Å²) in [6.45, 7) is 0.691. The molecular weight excluding hydrogens is 272 g/mol. The van der Waals surface area contributed by atoms with Crippen LogP contribution in [0.5, 0.6) is 0 Å². The fourth-order valence-corrected chi connectivity index (χ4v) is 1.95. The molecule has 0 saturated carbocycles. The van der Waals surface area contributed by atoms with Gasteiger partial charge in [0.2, 0.25) is 0 Å². The second-order valence-electron chi connectivity index (χ2n) is 4.76. The summed E-state index contributed by atoms with van der Waals surface area (Å²) in [7, 11) is 3.49. The van der Waals surface area contributed by atoms with Gasteiger partial charge in [0.25, 0.3) is 5.91 Å². The summed E-state index contributed by atoms with van der Waals surface area (Å²) in [6.07, 6.45) is 0. The van der Waals surface area contributed by atoms with Crippen LogP contribution < -0.4 is 5.32 Å². The molecule has 0 bridgehead atoms. The Balaban J connectivity index is 2.05. The van der Waals surface area contributed by atoms with Gasteiger partial charge in [0.05, 0.1) is 0 Å². The predicted molar refractivity (Wildman–Crippen MR) is 83.2 cm³/mol. The minimum absolute atomic E-state index is 0.000132. The molecule has 0 fully saturated rings. The van der Waals surface area contributed by atoms with Crippen molar-refractivity contribution >= 4 is 23.2 Å². The highest BCUT2D eigenvalue weighted by atomic mass is 35.5.